The average molecular weight is 415 g/mol. The van der Waals surface area contributed by atoms with Crippen molar-refractivity contribution >= 4 is 35.0 Å². The van der Waals surface area contributed by atoms with Gasteiger partial charge >= 0.3 is 0 Å². The number of amides is 2. The molecule has 0 bridgehead atoms. The van der Waals surface area contributed by atoms with Gasteiger partial charge in [0, 0.05) is 22.7 Å². The number of rotatable bonds is 12. The van der Waals surface area contributed by atoms with E-state index in [1.807, 2.05) is 48.5 Å². The van der Waals surface area contributed by atoms with Crippen molar-refractivity contribution in [3.8, 4) is 5.75 Å². The first-order valence-electron chi connectivity index (χ1n) is 10.2. The van der Waals surface area contributed by atoms with Crippen LogP contribution in [0.2, 0.25) is 0 Å². The van der Waals surface area contributed by atoms with Crippen LogP contribution < -0.4 is 15.4 Å². The fourth-order valence-corrected chi connectivity index (χ4v) is 3.21. The summed E-state index contributed by atoms with van der Waals surface area (Å²) in [6.45, 7) is 4.90. The smallest absolute Gasteiger partial charge is 0.234 e. The molecule has 0 spiro atoms. The normalized spacial score (nSPS) is 10.4. The molecular formula is C23H30N2O3S. The summed E-state index contributed by atoms with van der Waals surface area (Å²) in [5.74, 6) is 1.10. The molecule has 0 heterocycles. The Balaban J connectivity index is 1.73. The molecule has 29 heavy (non-hydrogen) atoms. The molecule has 0 aromatic heterocycles. The summed E-state index contributed by atoms with van der Waals surface area (Å²) in [6.07, 6.45) is 4.56. The number of hydrogen-bond donors (Lipinski definition) is 2. The van der Waals surface area contributed by atoms with Crippen LogP contribution in [0.4, 0.5) is 11.4 Å². The van der Waals surface area contributed by atoms with E-state index >= 15 is 0 Å². The van der Waals surface area contributed by atoms with Crippen molar-refractivity contribution in [3.05, 3.63) is 48.5 Å². The number of carbonyl (C=O) groups is 2. The maximum absolute atomic E-state index is 12.2. The third kappa shape index (κ3) is 9.05. The van der Waals surface area contributed by atoms with E-state index in [1.54, 1.807) is 0 Å². The molecule has 0 saturated heterocycles. The first-order valence-corrected chi connectivity index (χ1v) is 11.1. The number of nitrogens with one attached hydrogen (secondary N) is 2. The number of unbranched alkanes of at least 4 members (excludes halogenated alkanes) is 2. The number of ether oxygens (including phenoxy) is 1. The van der Waals surface area contributed by atoms with E-state index in [0.717, 1.165) is 47.7 Å². The highest BCUT2D eigenvalue weighted by Gasteiger charge is 2.06. The van der Waals surface area contributed by atoms with Crippen molar-refractivity contribution in [3.63, 3.8) is 0 Å². The van der Waals surface area contributed by atoms with E-state index in [0.29, 0.717) is 18.8 Å². The summed E-state index contributed by atoms with van der Waals surface area (Å²) >= 11 is 1.46. The summed E-state index contributed by atoms with van der Waals surface area (Å²) in [6, 6.07) is 15.0. The second kappa shape index (κ2) is 12.9. The van der Waals surface area contributed by atoms with Crippen LogP contribution in [0.25, 0.3) is 0 Å². The highest BCUT2D eigenvalue weighted by atomic mass is 32.2. The van der Waals surface area contributed by atoms with Gasteiger partial charge in [-0.2, -0.15) is 0 Å². The molecule has 156 valence electrons. The largest absolute Gasteiger partial charge is 0.494 e. The van der Waals surface area contributed by atoms with Crippen molar-refractivity contribution in [1.29, 1.82) is 0 Å². The topological polar surface area (TPSA) is 67.4 Å². The molecule has 0 aliphatic carbocycles. The summed E-state index contributed by atoms with van der Waals surface area (Å²) in [5, 5.41) is 5.78. The van der Waals surface area contributed by atoms with Gasteiger partial charge in [0.1, 0.15) is 5.75 Å². The van der Waals surface area contributed by atoms with E-state index < -0.39 is 0 Å². The van der Waals surface area contributed by atoms with Gasteiger partial charge < -0.3 is 15.4 Å². The van der Waals surface area contributed by atoms with Gasteiger partial charge in [0.25, 0.3) is 0 Å². The van der Waals surface area contributed by atoms with Gasteiger partial charge in [-0.1, -0.05) is 26.7 Å². The second-order valence-electron chi connectivity index (χ2n) is 6.74. The first kappa shape index (κ1) is 22.8. The van der Waals surface area contributed by atoms with Crippen LogP contribution in [-0.2, 0) is 9.59 Å². The van der Waals surface area contributed by atoms with E-state index in [4.69, 9.17) is 4.74 Å². The third-order valence-corrected chi connectivity index (χ3v) is 5.18. The number of hydrogen-bond acceptors (Lipinski definition) is 4. The van der Waals surface area contributed by atoms with Gasteiger partial charge in [-0.15, -0.1) is 11.8 Å². The van der Waals surface area contributed by atoms with E-state index in [1.165, 1.54) is 11.8 Å². The molecule has 0 fully saturated rings. The molecule has 0 radical (unpaired) electrons. The van der Waals surface area contributed by atoms with Crippen LogP contribution in [0.1, 0.15) is 46.0 Å². The van der Waals surface area contributed by atoms with Crippen molar-refractivity contribution in [2.24, 2.45) is 0 Å². The minimum absolute atomic E-state index is 0.0356. The lowest BCUT2D eigenvalue weighted by Gasteiger charge is -2.08. The van der Waals surface area contributed by atoms with Crippen molar-refractivity contribution < 1.29 is 14.3 Å². The Morgan fingerprint density at radius 2 is 1.41 bits per heavy atom. The Morgan fingerprint density at radius 3 is 2.03 bits per heavy atom. The van der Waals surface area contributed by atoms with Crippen molar-refractivity contribution in [2.45, 2.75) is 50.8 Å². The monoisotopic (exact) mass is 414 g/mol. The molecule has 0 aliphatic heterocycles. The summed E-state index contributed by atoms with van der Waals surface area (Å²) < 4.78 is 5.62. The van der Waals surface area contributed by atoms with E-state index in [2.05, 4.69) is 24.5 Å². The molecule has 2 aromatic carbocycles. The second-order valence-corrected chi connectivity index (χ2v) is 7.79. The lowest BCUT2D eigenvalue weighted by atomic mass is 10.2. The van der Waals surface area contributed by atoms with Crippen molar-refractivity contribution in [2.75, 3.05) is 23.0 Å². The van der Waals surface area contributed by atoms with Crippen LogP contribution in [0.5, 0.6) is 5.75 Å². The number of benzene rings is 2. The summed E-state index contributed by atoms with van der Waals surface area (Å²) in [7, 11) is 0. The van der Waals surface area contributed by atoms with Gasteiger partial charge in [-0.3, -0.25) is 9.59 Å². The van der Waals surface area contributed by atoms with Gasteiger partial charge in [0.2, 0.25) is 11.8 Å². The lowest BCUT2D eigenvalue weighted by molar-refractivity contribution is -0.116. The van der Waals surface area contributed by atoms with Crippen molar-refractivity contribution in [1.82, 2.24) is 0 Å². The molecule has 0 unspecified atom stereocenters. The van der Waals surface area contributed by atoms with E-state index in [9.17, 15) is 9.59 Å². The Labute approximate surface area is 177 Å². The molecule has 2 N–H and O–H groups in total. The molecule has 2 rings (SSSR count). The van der Waals surface area contributed by atoms with Gasteiger partial charge in [-0.05, 0) is 61.4 Å². The first-order chi connectivity index (χ1) is 14.1. The highest BCUT2D eigenvalue weighted by molar-refractivity contribution is 8.00. The molecule has 0 saturated carbocycles. The molecular weight excluding hydrogens is 384 g/mol. The van der Waals surface area contributed by atoms with Gasteiger partial charge in [0.05, 0.1) is 12.4 Å². The Kier molecular flexibility index (Phi) is 10.1. The predicted octanol–water partition coefficient (Wildman–Crippen LogP) is 5.73. The molecule has 0 aliphatic rings. The molecule has 2 amide bonds. The predicted molar refractivity (Wildman–Crippen MR) is 121 cm³/mol. The van der Waals surface area contributed by atoms with E-state index in [-0.39, 0.29) is 11.8 Å². The number of carbonyl (C=O) groups excluding carboxylic acids is 2. The maximum atomic E-state index is 12.2. The number of anilines is 2. The Morgan fingerprint density at radius 1 is 0.828 bits per heavy atom. The molecule has 0 atom stereocenters. The van der Waals surface area contributed by atoms with Crippen LogP contribution in [0.3, 0.4) is 0 Å². The SMILES string of the molecule is CCCCOc1ccc(NC(=O)CSc2ccc(NC(=O)CCCC)cc2)cc1. The van der Waals surface area contributed by atoms with Gasteiger partial charge in [0.15, 0.2) is 0 Å². The Bertz CT molecular complexity index is 761. The molecule has 5 nitrogen and oxygen atoms in total. The minimum atomic E-state index is -0.0633. The van der Waals surface area contributed by atoms with Crippen LogP contribution >= 0.6 is 11.8 Å². The summed E-state index contributed by atoms with van der Waals surface area (Å²) in [4.78, 5) is 24.9. The zero-order valence-electron chi connectivity index (χ0n) is 17.2. The minimum Gasteiger partial charge on any atom is -0.494 e. The van der Waals surface area contributed by atoms with Crippen LogP contribution in [0.15, 0.2) is 53.4 Å². The Hall–Kier alpha value is -2.47. The zero-order chi connectivity index (χ0) is 20.9. The average Bonchev–Trinajstić information content (AvgIpc) is 2.73. The van der Waals surface area contributed by atoms with Crippen LogP contribution in [-0.4, -0.2) is 24.2 Å². The van der Waals surface area contributed by atoms with Crippen LogP contribution in [0, 0.1) is 0 Å². The zero-order valence-corrected chi connectivity index (χ0v) is 18.0. The maximum Gasteiger partial charge on any atom is 0.234 e. The lowest BCUT2D eigenvalue weighted by Crippen LogP contribution is -2.14. The standard InChI is InChI=1S/C23H30N2O3S/c1-3-5-7-22(26)24-19-10-14-21(15-11-19)29-17-23(27)25-18-8-12-20(13-9-18)28-16-6-4-2/h8-15H,3-7,16-17H2,1-2H3,(H,24,26)(H,25,27). The third-order valence-electron chi connectivity index (χ3n) is 4.17. The number of thioether (sulfide) groups is 1. The quantitative estimate of drug-likeness (QED) is 0.344. The fraction of sp³-hybridized carbons (Fsp3) is 0.391. The summed E-state index contributed by atoms with van der Waals surface area (Å²) in [5.41, 5.74) is 1.53. The molecule has 2 aromatic rings. The molecule has 6 heteroatoms. The fourth-order valence-electron chi connectivity index (χ4n) is 2.51. The van der Waals surface area contributed by atoms with Gasteiger partial charge in [-0.25, -0.2) is 0 Å². The highest BCUT2D eigenvalue weighted by Crippen LogP contribution is 2.21.